The lowest BCUT2D eigenvalue weighted by molar-refractivity contribution is 0.602. The normalized spacial score (nSPS) is 11.9. The largest absolute Gasteiger partial charge is 0.276 e. The Bertz CT molecular complexity index is 1520. The number of benzene rings is 3. The van der Waals surface area contributed by atoms with E-state index in [4.69, 9.17) is 16.6 Å². The smallest absolute Gasteiger partial charge is 0.235 e. The summed E-state index contributed by atoms with van der Waals surface area (Å²) < 4.78 is 25.6. The van der Waals surface area contributed by atoms with Crippen molar-refractivity contribution in [2.75, 3.05) is 6.26 Å². The molecule has 0 saturated heterocycles. The Kier molecular flexibility index (Phi) is 4.34. The van der Waals surface area contributed by atoms with Gasteiger partial charge in [-0.05, 0) is 42.5 Å². The molecule has 0 aliphatic heterocycles. The Morgan fingerprint density at radius 2 is 1.60 bits per heavy atom. The van der Waals surface area contributed by atoms with E-state index < -0.39 is 9.84 Å². The van der Waals surface area contributed by atoms with Gasteiger partial charge in [0.05, 0.1) is 27.3 Å². The van der Waals surface area contributed by atoms with Gasteiger partial charge in [0.15, 0.2) is 9.84 Å². The second-order valence-corrected chi connectivity index (χ2v) is 9.52. The van der Waals surface area contributed by atoms with Gasteiger partial charge in [0.25, 0.3) is 0 Å². The zero-order valence-corrected chi connectivity index (χ0v) is 17.5. The number of hydrogen-bond donors (Lipinski definition) is 0. The molecule has 0 atom stereocenters. The summed E-state index contributed by atoms with van der Waals surface area (Å²) >= 11 is 6.26. The number of rotatable bonds is 3. The van der Waals surface area contributed by atoms with E-state index in [-0.39, 0.29) is 4.90 Å². The quantitative estimate of drug-likeness (QED) is 0.388. The van der Waals surface area contributed by atoms with E-state index >= 15 is 0 Å². The van der Waals surface area contributed by atoms with Crippen LogP contribution in [0.15, 0.2) is 83.8 Å². The summed E-state index contributed by atoms with van der Waals surface area (Å²) in [6.07, 6.45) is 1.19. The third-order valence-corrected chi connectivity index (χ3v) is 6.34. The topological polar surface area (TPSA) is 64.3 Å². The molecule has 3 aromatic carbocycles. The molecule has 5 rings (SSSR count). The molecule has 2 aromatic heterocycles. The van der Waals surface area contributed by atoms with Crippen molar-refractivity contribution in [2.45, 2.75) is 4.90 Å². The third kappa shape index (κ3) is 3.24. The van der Waals surface area contributed by atoms with Crippen molar-refractivity contribution in [2.24, 2.45) is 0 Å². The van der Waals surface area contributed by atoms with Crippen molar-refractivity contribution in [1.29, 1.82) is 0 Å². The molecule has 0 aliphatic carbocycles. The van der Waals surface area contributed by atoms with E-state index in [1.807, 2.05) is 59.0 Å². The average molecular weight is 434 g/mol. The first kappa shape index (κ1) is 18.8. The molecule has 0 N–H and O–H groups in total. The van der Waals surface area contributed by atoms with Crippen LogP contribution in [0.1, 0.15) is 0 Å². The number of fused-ring (bicyclic) bond motifs is 3. The lowest BCUT2D eigenvalue weighted by Gasteiger charge is -2.10. The van der Waals surface area contributed by atoms with Crippen LogP contribution in [0.25, 0.3) is 39.3 Å². The highest BCUT2D eigenvalue weighted by molar-refractivity contribution is 7.90. The summed E-state index contributed by atoms with van der Waals surface area (Å²) in [5.74, 6) is 0.566. The maximum Gasteiger partial charge on any atom is 0.235 e. The van der Waals surface area contributed by atoms with Gasteiger partial charge in [0, 0.05) is 22.4 Å². The first-order chi connectivity index (χ1) is 14.4. The number of halogens is 1. The average Bonchev–Trinajstić information content (AvgIpc) is 3.11. The summed E-state index contributed by atoms with van der Waals surface area (Å²) in [5, 5.41) is 0.640. The first-order valence-electron chi connectivity index (χ1n) is 9.25. The predicted molar refractivity (Wildman–Crippen MR) is 119 cm³/mol. The van der Waals surface area contributed by atoms with Gasteiger partial charge in [0.2, 0.25) is 5.78 Å². The molecule has 5 nitrogen and oxygen atoms in total. The molecule has 2 heterocycles. The van der Waals surface area contributed by atoms with Gasteiger partial charge in [-0.15, -0.1) is 0 Å². The van der Waals surface area contributed by atoms with Gasteiger partial charge < -0.3 is 0 Å². The van der Waals surface area contributed by atoms with Crippen LogP contribution < -0.4 is 0 Å². The minimum Gasteiger partial charge on any atom is -0.276 e. The first-order valence-corrected chi connectivity index (χ1v) is 11.5. The molecule has 0 aliphatic rings. The molecule has 7 heteroatoms. The van der Waals surface area contributed by atoms with Crippen LogP contribution in [0.3, 0.4) is 0 Å². The lowest BCUT2D eigenvalue weighted by atomic mass is 10.1. The molecular weight excluding hydrogens is 418 g/mol. The van der Waals surface area contributed by atoms with Gasteiger partial charge in [0.1, 0.15) is 0 Å². The Balaban J connectivity index is 1.79. The Morgan fingerprint density at radius 3 is 2.33 bits per heavy atom. The standard InChI is InChI=1S/C23H16ClN3O2S/c1-30(28,29)18-11-9-15(10-12-18)20-14-22(16-5-4-6-17(24)13-16)27-21-8-3-2-7-19(21)25-23(27)26-20/h2-14H,1H3. The molecule has 0 bridgehead atoms. The van der Waals surface area contributed by atoms with E-state index in [2.05, 4.69) is 4.98 Å². The lowest BCUT2D eigenvalue weighted by Crippen LogP contribution is -1.99. The molecule has 0 fully saturated rings. The van der Waals surface area contributed by atoms with Crippen LogP contribution >= 0.6 is 11.6 Å². The summed E-state index contributed by atoms with van der Waals surface area (Å²) in [4.78, 5) is 9.71. The number of imidazole rings is 1. The van der Waals surface area contributed by atoms with E-state index in [1.54, 1.807) is 24.3 Å². The summed E-state index contributed by atoms with van der Waals surface area (Å²) in [6.45, 7) is 0. The van der Waals surface area contributed by atoms with Crippen molar-refractivity contribution in [1.82, 2.24) is 14.4 Å². The van der Waals surface area contributed by atoms with Crippen LogP contribution in [0.2, 0.25) is 5.02 Å². The maximum absolute atomic E-state index is 11.8. The Hall–Kier alpha value is -3.22. The second-order valence-electron chi connectivity index (χ2n) is 7.07. The molecule has 0 amide bonds. The fourth-order valence-electron chi connectivity index (χ4n) is 3.54. The van der Waals surface area contributed by atoms with Crippen LogP contribution in [-0.2, 0) is 9.84 Å². The second kappa shape index (κ2) is 6.93. The van der Waals surface area contributed by atoms with Crippen molar-refractivity contribution in [3.8, 4) is 22.5 Å². The van der Waals surface area contributed by atoms with Crippen molar-refractivity contribution < 1.29 is 8.42 Å². The third-order valence-electron chi connectivity index (χ3n) is 4.98. The zero-order chi connectivity index (χ0) is 20.9. The molecule has 0 radical (unpaired) electrons. The number of aromatic nitrogens is 3. The Morgan fingerprint density at radius 1 is 0.833 bits per heavy atom. The highest BCUT2D eigenvalue weighted by Gasteiger charge is 2.15. The summed E-state index contributed by atoms with van der Waals surface area (Å²) in [6, 6.07) is 24.2. The fraction of sp³-hybridized carbons (Fsp3) is 0.0435. The number of sulfone groups is 1. The zero-order valence-electron chi connectivity index (χ0n) is 15.9. The monoisotopic (exact) mass is 433 g/mol. The number of nitrogens with zero attached hydrogens (tertiary/aromatic N) is 3. The molecule has 0 unspecified atom stereocenters. The van der Waals surface area contributed by atoms with E-state index in [9.17, 15) is 8.42 Å². The van der Waals surface area contributed by atoms with Gasteiger partial charge in [-0.1, -0.05) is 48.0 Å². The van der Waals surface area contributed by atoms with Crippen LogP contribution in [0, 0.1) is 0 Å². The molecule has 148 valence electrons. The SMILES string of the molecule is CS(=O)(=O)c1ccc(-c2cc(-c3cccc(Cl)c3)n3c(n2)nc2ccccc23)cc1. The van der Waals surface area contributed by atoms with Gasteiger partial charge in [-0.2, -0.15) is 0 Å². The predicted octanol–water partition coefficient (Wildman–Crippen LogP) is 5.27. The maximum atomic E-state index is 11.8. The van der Waals surface area contributed by atoms with Gasteiger partial charge >= 0.3 is 0 Å². The highest BCUT2D eigenvalue weighted by Crippen LogP contribution is 2.31. The minimum atomic E-state index is -3.26. The minimum absolute atomic E-state index is 0.272. The van der Waals surface area contributed by atoms with E-state index in [0.29, 0.717) is 16.5 Å². The molecule has 0 saturated carbocycles. The summed E-state index contributed by atoms with van der Waals surface area (Å²) in [5.41, 5.74) is 5.14. The number of para-hydroxylation sites is 2. The fourth-order valence-corrected chi connectivity index (χ4v) is 4.36. The van der Waals surface area contributed by atoms with Crippen molar-refractivity contribution in [3.63, 3.8) is 0 Å². The van der Waals surface area contributed by atoms with Crippen LogP contribution in [0.4, 0.5) is 0 Å². The van der Waals surface area contributed by atoms with Crippen LogP contribution in [0.5, 0.6) is 0 Å². The van der Waals surface area contributed by atoms with Gasteiger partial charge in [-0.3, -0.25) is 4.40 Å². The number of hydrogen-bond acceptors (Lipinski definition) is 4. The highest BCUT2D eigenvalue weighted by atomic mass is 35.5. The van der Waals surface area contributed by atoms with Crippen molar-refractivity contribution >= 4 is 38.2 Å². The Labute approximate surface area is 178 Å². The summed E-state index contributed by atoms with van der Waals surface area (Å²) in [7, 11) is -3.26. The molecule has 0 spiro atoms. The molecule has 5 aromatic rings. The van der Waals surface area contributed by atoms with E-state index in [0.717, 1.165) is 27.9 Å². The van der Waals surface area contributed by atoms with E-state index in [1.165, 1.54) is 6.26 Å². The molecule has 30 heavy (non-hydrogen) atoms. The van der Waals surface area contributed by atoms with Crippen molar-refractivity contribution in [3.05, 3.63) is 83.9 Å². The molecular formula is C23H16ClN3O2S. The van der Waals surface area contributed by atoms with Crippen LogP contribution in [-0.4, -0.2) is 29.0 Å². The van der Waals surface area contributed by atoms with Gasteiger partial charge in [-0.25, -0.2) is 18.4 Å².